The van der Waals surface area contributed by atoms with Crippen LogP contribution in [0.5, 0.6) is 0 Å². The topological polar surface area (TPSA) is 114 Å². The highest BCUT2D eigenvalue weighted by molar-refractivity contribution is 8.13. The molecule has 9 nitrogen and oxygen atoms in total. The van der Waals surface area contributed by atoms with Crippen LogP contribution in [-0.2, 0) is 28.2 Å². The van der Waals surface area contributed by atoms with Crippen LogP contribution in [0.25, 0.3) is 0 Å². The number of aliphatic hydroxyl groups is 1. The standard InChI is InChI=1S/C17H29N2O7PS/c1-17(2,11-20)16(23)28-9-8-24-27-25-10-13-4-5-15(26-13)19(3)7-6-14(22)18-12-21/h6-7,12-13,15,20,27H,4-5,8-11H2,1-3H3,(H,18,21,22)/b7-6-. The lowest BCUT2D eigenvalue weighted by Crippen LogP contribution is -2.29. The number of imide groups is 1. The first-order valence-electron chi connectivity index (χ1n) is 8.86. The van der Waals surface area contributed by atoms with Gasteiger partial charge in [0.2, 0.25) is 6.41 Å². The Labute approximate surface area is 171 Å². The van der Waals surface area contributed by atoms with Crippen molar-refractivity contribution >= 4 is 38.2 Å². The Hall–Kier alpha value is -1.03. The van der Waals surface area contributed by atoms with E-state index < -0.39 is 11.3 Å². The average Bonchev–Trinajstić information content (AvgIpc) is 3.14. The molecule has 1 heterocycles. The van der Waals surface area contributed by atoms with Gasteiger partial charge in [-0.2, -0.15) is 0 Å². The number of thioether (sulfide) groups is 1. The molecule has 0 aliphatic carbocycles. The number of ether oxygens (including phenoxy) is 1. The van der Waals surface area contributed by atoms with E-state index in [1.807, 2.05) is 5.32 Å². The molecule has 0 bridgehead atoms. The van der Waals surface area contributed by atoms with Crippen LogP contribution < -0.4 is 5.32 Å². The Kier molecular flexibility index (Phi) is 11.8. The van der Waals surface area contributed by atoms with E-state index in [9.17, 15) is 14.4 Å². The molecule has 1 aliphatic rings. The number of aliphatic hydroxyl groups excluding tert-OH is 1. The van der Waals surface area contributed by atoms with E-state index in [1.165, 1.54) is 6.08 Å². The summed E-state index contributed by atoms with van der Waals surface area (Å²) in [6.45, 7) is 4.03. The van der Waals surface area contributed by atoms with Crippen molar-refractivity contribution < 1.29 is 33.3 Å². The van der Waals surface area contributed by atoms with Crippen LogP contribution in [0.1, 0.15) is 26.7 Å². The van der Waals surface area contributed by atoms with E-state index in [1.54, 1.807) is 32.0 Å². The molecule has 1 saturated heterocycles. The average molecular weight is 436 g/mol. The summed E-state index contributed by atoms with van der Waals surface area (Å²) in [5.74, 6) is 0.0213. The van der Waals surface area contributed by atoms with Crippen molar-refractivity contribution in [1.82, 2.24) is 10.2 Å². The van der Waals surface area contributed by atoms with E-state index in [2.05, 4.69) is 0 Å². The summed E-state index contributed by atoms with van der Waals surface area (Å²) < 4.78 is 16.7. The van der Waals surface area contributed by atoms with Crippen LogP contribution in [-0.4, -0.2) is 72.4 Å². The van der Waals surface area contributed by atoms with Crippen LogP contribution >= 0.6 is 20.8 Å². The fourth-order valence-corrected chi connectivity index (χ4v) is 3.62. The summed E-state index contributed by atoms with van der Waals surface area (Å²) in [6.07, 6.45) is 4.58. The molecule has 1 aliphatic heterocycles. The first-order valence-corrected chi connectivity index (χ1v) is 10.7. The normalized spacial score (nSPS) is 20.1. The highest BCUT2D eigenvalue weighted by atomic mass is 32.2. The monoisotopic (exact) mass is 436 g/mol. The molecule has 2 N–H and O–H groups in total. The van der Waals surface area contributed by atoms with Gasteiger partial charge >= 0.3 is 0 Å². The van der Waals surface area contributed by atoms with Gasteiger partial charge in [0.25, 0.3) is 5.91 Å². The molecule has 1 rings (SSSR count). The molecule has 160 valence electrons. The van der Waals surface area contributed by atoms with Crippen molar-refractivity contribution in [1.29, 1.82) is 0 Å². The molecule has 0 aromatic rings. The molecule has 0 saturated carbocycles. The van der Waals surface area contributed by atoms with E-state index in [0.29, 0.717) is 25.4 Å². The quantitative estimate of drug-likeness (QED) is 0.189. The van der Waals surface area contributed by atoms with Crippen molar-refractivity contribution in [2.24, 2.45) is 5.41 Å². The van der Waals surface area contributed by atoms with Crippen LogP contribution in [0.3, 0.4) is 0 Å². The Morgan fingerprint density at radius 3 is 2.82 bits per heavy atom. The maximum absolute atomic E-state index is 11.8. The highest BCUT2D eigenvalue weighted by Gasteiger charge is 2.28. The summed E-state index contributed by atoms with van der Waals surface area (Å²) in [5, 5.41) is 11.1. The van der Waals surface area contributed by atoms with Crippen molar-refractivity contribution in [2.45, 2.75) is 39.0 Å². The lowest BCUT2D eigenvalue weighted by Gasteiger charge is -2.22. The third-order valence-electron chi connectivity index (χ3n) is 3.96. The fourth-order valence-electron chi connectivity index (χ4n) is 2.14. The first kappa shape index (κ1) is 25.0. The van der Waals surface area contributed by atoms with E-state index >= 15 is 0 Å². The van der Waals surface area contributed by atoms with Gasteiger partial charge in [-0.1, -0.05) is 11.8 Å². The molecule has 3 atom stereocenters. The number of carbonyl (C=O) groups is 3. The highest BCUT2D eigenvalue weighted by Crippen LogP contribution is 2.26. The lowest BCUT2D eigenvalue weighted by atomic mass is 9.97. The first-order chi connectivity index (χ1) is 13.3. The predicted octanol–water partition coefficient (Wildman–Crippen LogP) is 1.03. The minimum Gasteiger partial charge on any atom is -0.395 e. The van der Waals surface area contributed by atoms with Gasteiger partial charge in [0.15, 0.2) is 14.1 Å². The predicted molar refractivity (Wildman–Crippen MR) is 108 cm³/mol. The summed E-state index contributed by atoms with van der Waals surface area (Å²) in [6, 6.07) is 0. The summed E-state index contributed by atoms with van der Waals surface area (Å²) in [5.41, 5.74) is -0.736. The van der Waals surface area contributed by atoms with Crippen molar-refractivity contribution in [3.8, 4) is 0 Å². The molecule has 2 amide bonds. The third-order valence-corrected chi connectivity index (χ3v) is 5.75. The van der Waals surface area contributed by atoms with Gasteiger partial charge in [0.05, 0.1) is 31.3 Å². The van der Waals surface area contributed by atoms with Crippen LogP contribution in [0.4, 0.5) is 0 Å². The van der Waals surface area contributed by atoms with Gasteiger partial charge in [0.1, 0.15) is 6.23 Å². The zero-order valence-corrected chi connectivity index (χ0v) is 18.2. The van der Waals surface area contributed by atoms with Crippen LogP contribution in [0.15, 0.2) is 12.3 Å². The molecule has 0 aromatic heterocycles. The number of hydrogen-bond acceptors (Lipinski definition) is 9. The van der Waals surface area contributed by atoms with Crippen molar-refractivity contribution in [2.75, 3.05) is 32.6 Å². The van der Waals surface area contributed by atoms with Gasteiger partial charge in [0, 0.05) is 25.1 Å². The van der Waals surface area contributed by atoms with Gasteiger partial charge in [-0.05, 0) is 26.7 Å². The molecule has 0 spiro atoms. The largest absolute Gasteiger partial charge is 0.395 e. The zero-order valence-electron chi connectivity index (χ0n) is 16.4. The molecule has 28 heavy (non-hydrogen) atoms. The number of nitrogens with one attached hydrogen (secondary N) is 1. The van der Waals surface area contributed by atoms with Gasteiger partial charge in [-0.3, -0.25) is 19.7 Å². The summed E-state index contributed by atoms with van der Waals surface area (Å²) >= 11 is 1.14. The number of amides is 2. The summed E-state index contributed by atoms with van der Waals surface area (Å²) in [4.78, 5) is 35.0. The van der Waals surface area contributed by atoms with Gasteiger partial charge < -0.3 is 23.8 Å². The molecule has 1 fully saturated rings. The minimum atomic E-state index is -0.736. The van der Waals surface area contributed by atoms with E-state index in [-0.39, 0.29) is 33.1 Å². The Bertz CT molecular complexity index is 548. The number of hydrogen-bond donors (Lipinski definition) is 2. The fraction of sp³-hybridized carbons (Fsp3) is 0.706. The smallest absolute Gasteiger partial charge is 0.251 e. The molecule has 0 radical (unpaired) electrons. The zero-order chi connectivity index (χ0) is 21.0. The molecule has 0 aromatic carbocycles. The van der Waals surface area contributed by atoms with E-state index in [0.717, 1.165) is 24.6 Å². The second kappa shape index (κ2) is 13.2. The lowest BCUT2D eigenvalue weighted by molar-refractivity contribution is -0.122. The van der Waals surface area contributed by atoms with E-state index in [4.69, 9.17) is 18.9 Å². The molecule has 11 heteroatoms. The number of nitrogens with zero attached hydrogens (tertiary/aromatic N) is 1. The Morgan fingerprint density at radius 2 is 2.14 bits per heavy atom. The Morgan fingerprint density at radius 1 is 1.39 bits per heavy atom. The molecular formula is C17H29N2O7PS. The van der Waals surface area contributed by atoms with Gasteiger partial charge in [-0.15, -0.1) is 0 Å². The third kappa shape index (κ3) is 9.45. The number of carbonyl (C=O) groups excluding carboxylic acids is 3. The number of rotatable bonds is 13. The van der Waals surface area contributed by atoms with Gasteiger partial charge in [-0.25, -0.2) is 0 Å². The van der Waals surface area contributed by atoms with Crippen molar-refractivity contribution in [3.63, 3.8) is 0 Å². The Balaban J connectivity index is 2.11. The molecular weight excluding hydrogens is 407 g/mol. The maximum atomic E-state index is 11.8. The maximum Gasteiger partial charge on any atom is 0.251 e. The molecule has 3 unspecified atom stereocenters. The van der Waals surface area contributed by atoms with Crippen LogP contribution in [0.2, 0.25) is 0 Å². The second-order valence-corrected chi connectivity index (χ2v) is 8.63. The summed E-state index contributed by atoms with van der Waals surface area (Å²) in [7, 11) is 1.66. The van der Waals surface area contributed by atoms with Crippen LogP contribution in [0, 0.1) is 5.41 Å². The second-order valence-electron chi connectivity index (χ2n) is 6.82. The van der Waals surface area contributed by atoms with Crippen molar-refractivity contribution in [3.05, 3.63) is 12.3 Å². The minimum absolute atomic E-state index is 0.0537. The SMILES string of the molecule is CN(/C=C\C(=O)NC=O)C1CCC(COPOCCSC(=O)C(C)(C)CO)O1.